The molecule has 0 saturated heterocycles. The molecule has 1 N–H and O–H groups in total. The number of carbonyl (C=O) groups is 1. The third-order valence-electron chi connectivity index (χ3n) is 2.20. The minimum atomic E-state index is -0.931. The Morgan fingerprint density at radius 1 is 1.53 bits per heavy atom. The van der Waals surface area contributed by atoms with Gasteiger partial charge in [-0.3, -0.25) is 0 Å². The average molecular weight is 222 g/mol. The molecule has 1 aromatic heterocycles. The van der Waals surface area contributed by atoms with Crippen LogP contribution >= 0.6 is 11.8 Å². The van der Waals surface area contributed by atoms with Crippen molar-refractivity contribution in [3.63, 3.8) is 0 Å². The van der Waals surface area contributed by atoms with E-state index in [0.29, 0.717) is 5.58 Å². The second-order valence-corrected chi connectivity index (χ2v) is 4.08. The summed E-state index contributed by atoms with van der Waals surface area (Å²) in [5.41, 5.74) is 2.00. The van der Waals surface area contributed by atoms with Crippen LogP contribution in [-0.2, 0) is 5.75 Å². The number of rotatable bonds is 3. The lowest BCUT2D eigenvalue weighted by atomic mass is 10.1. The second-order valence-electron chi connectivity index (χ2n) is 3.21. The van der Waals surface area contributed by atoms with Crippen molar-refractivity contribution in [1.82, 2.24) is 0 Å². The van der Waals surface area contributed by atoms with Crippen molar-refractivity contribution >= 4 is 28.7 Å². The van der Waals surface area contributed by atoms with Gasteiger partial charge in [-0.25, -0.2) is 4.79 Å². The van der Waals surface area contributed by atoms with Crippen molar-refractivity contribution < 1.29 is 14.3 Å². The van der Waals surface area contributed by atoms with Gasteiger partial charge in [0.25, 0.3) is 0 Å². The van der Waals surface area contributed by atoms with E-state index < -0.39 is 5.97 Å². The van der Waals surface area contributed by atoms with Gasteiger partial charge in [0.15, 0.2) is 0 Å². The van der Waals surface area contributed by atoms with Gasteiger partial charge in [-0.2, -0.15) is 11.8 Å². The highest BCUT2D eigenvalue weighted by molar-refractivity contribution is 7.97. The first kappa shape index (κ1) is 10.1. The highest BCUT2D eigenvalue weighted by atomic mass is 32.2. The largest absolute Gasteiger partial charge is 0.478 e. The van der Waals surface area contributed by atoms with Gasteiger partial charge in [0.1, 0.15) is 5.58 Å². The number of carboxylic acids is 1. The van der Waals surface area contributed by atoms with Crippen LogP contribution in [0.3, 0.4) is 0 Å². The lowest BCUT2D eigenvalue weighted by molar-refractivity contribution is 0.0697. The van der Waals surface area contributed by atoms with Gasteiger partial charge in [0.2, 0.25) is 0 Å². The second kappa shape index (κ2) is 3.98. The summed E-state index contributed by atoms with van der Waals surface area (Å²) in [5, 5.41) is 9.80. The van der Waals surface area contributed by atoms with E-state index in [0.717, 1.165) is 16.7 Å². The number of benzene rings is 1. The monoisotopic (exact) mass is 222 g/mol. The fraction of sp³-hybridized carbons (Fsp3) is 0.182. The van der Waals surface area contributed by atoms with E-state index in [2.05, 4.69) is 0 Å². The maximum Gasteiger partial charge on any atom is 0.335 e. The van der Waals surface area contributed by atoms with Gasteiger partial charge in [0.05, 0.1) is 11.8 Å². The van der Waals surface area contributed by atoms with Crippen LogP contribution in [0.25, 0.3) is 11.0 Å². The Labute approximate surface area is 91.1 Å². The summed E-state index contributed by atoms with van der Waals surface area (Å²) in [7, 11) is 0. The first-order valence-corrected chi connectivity index (χ1v) is 5.84. The molecule has 0 amide bonds. The fourth-order valence-corrected chi connectivity index (χ4v) is 2.02. The third-order valence-corrected chi connectivity index (χ3v) is 2.80. The number of carboxylic acid groups (broad SMARTS) is 1. The molecule has 3 nitrogen and oxygen atoms in total. The van der Waals surface area contributed by atoms with Crippen LogP contribution in [0.15, 0.2) is 28.9 Å². The van der Waals surface area contributed by atoms with Gasteiger partial charge in [0, 0.05) is 16.7 Å². The quantitative estimate of drug-likeness (QED) is 0.867. The maximum absolute atomic E-state index is 10.7. The number of hydrogen-bond acceptors (Lipinski definition) is 3. The summed E-state index contributed by atoms with van der Waals surface area (Å²) in [4.78, 5) is 10.7. The molecular weight excluding hydrogens is 212 g/mol. The zero-order valence-electron chi connectivity index (χ0n) is 8.19. The highest BCUT2D eigenvalue weighted by Gasteiger charge is 2.08. The SMILES string of the molecule is CSCc1coc2cc(C(=O)O)ccc12. The molecule has 15 heavy (non-hydrogen) atoms. The smallest absolute Gasteiger partial charge is 0.335 e. The van der Waals surface area contributed by atoms with Gasteiger partial charge in [-0.15, -0.1) is 0 Å². The molecule has 1 heterocycles. The Kier molecular flexibility index (Phi) is 2.68. The number of furan rings is 1. The molecule has 0 aliphatic carbocycles. The minimum absolute atomic E-state index is 0.257. The zero-order valence-corrected chi connectivity index (χ0v) is 9.00. The summed E-state index contributed by atoms with van der Waals surface area (Å²) in [5.74, 6) is -0.0564. The number of fused-ring (bicyclic) bond motifs is 1. The van der Waals surface area contributed by atoms with Crippen molar-refractivity contribution in [3.8, 4) is 0 Å². The van der Waals surface area contributed by atoms with Crippen LogP contribution in [0.2, 0.25) is 0 Å². The van der Waals surface area contributed by atoms with Crippen LogP contribution < -0.4 is 0 Å². The van der Waals surface area contributed by atoms with E-state index in [9.17, 15) is 4.79 Å². The third kappa shape index (κ3) is 1.85. The van der Waals surface area contributed by atoms with E-state index in [1.165, 1.54) is 0 Å². The van der Waals surface area contributed by atoms with Crippen LogP contribution in [0.5, 0.6) is 0 Å². The van der Waals surface area contributed by atoms with E-state index in [1.807, 2.05) is 6.26 Å². The van der Waals surface area contributed by atoms with Crippen molar-refractivity contribution in [2.24, 2.45) is 0 Å². The van der Waals surface area contributed by atoms with Gasteiger partial charge in [-0.05, 0) is 24.5 Å². The van der Waals surface area contributed by atoms with Crippen molar-refractivity contribution in [1.29, 1.82) is 0 Å². The lowest BCUT2D eigenvalue weighted by Gasteiger charge is -1.95. The predicted octanol–water partition coefficient (Wildman–Crippen LogP) is 2.99. The summed E-state index contributed by atoms with van der Waals surface area (Å²) in [6, 6.07) is 4.96. The molecule has 2 aromatic rings. The Bertz CT molecular complexity index is 502. The molecule has 0 fully saturated rings. The van der Waals surface area contributed by atoms with E-state index in [1.54, 1.807) is 36.2 Å². The van der Waals surface area contributed by atoms with Gasteiger partial charge < -0.3 is 9.52 Å². The van der Waals surface area contributed by atoms with Crippen molar-refractivity contribution in [2.45, 2.75) is 5.75 Å². The molecule has 0 aliphatic heterocycles. The Balaban J connectivity index is 2.51. The Hall–Kier alpha value is -1.42. The molecular formula is C11H10O3S. The summed E-state index contributed by atoms with van der Waals surface area (Å²) in [6.07, 6.45) is 3.71. The van der Waals surface area contributed by atoms with Gasteiger partial charge >= 0.3 is 5.97 Å². The fourth-order valence-electron chi connectivity index (χ4n) is 1.48. The standard InChI is InChI=1S/C11H10O3S/c1-15-6-8-5-14-10-4-7(11(12)13)2-3-9(8)10/h2-5H,6H2,1H3,(H,12,13). The molecule has 0 aliphatic rings. The number of aromatic carboxylic acids is 1. The summed E-state index contributed by atoms with van der Waals surface area (Å²) in [6.45, 7) is 0. The molecule has 4 heteroatoms. The number of thioether (sulfide) groups is 1. The molecule has 0 saturated carbocycles. The van der Waals surface area contributed by atoms with Crippen LogP contribution in [0.1, 0.15) is 15.9 Å². The minimum Gasteiger partial charge on any atom is -0.478 e. The molecule has 0 unspecified atom stereocenters. The average Bonchev–Trinajstić information content (AvgIpc) is 2.61. The summed E-state index contributed by atoms with van der Waals surface area (Å²) < 4.78 is 5.32. The van der Waals surface area contributed by atoms with Crippen LogP contribution in [-0.4, -0.2) is 17.3 Å². The first-order chi connectivity index (χ1) is 7.22. The van der Waals surface area contributed by atoms with E-state index in [4.69, 9.17) is 9.52 Å². The molecule has 78 valence electrons. The molecule has 0 radical (unpaired) electrons. The maximum atomic E-state index is 10.7. The summed E-state index contributed by atoms with van der Waals surface area (Å²) >= 11 is 1.71. The Morgan fingerprint density at radius 2 is 2.33 bits per heavy atom. The Morgan fingerprint density at radius 3 is 3.00 bits per heavy atom. The lowest BCUT2D eigenvalue weighted by Crippen LogP contribution is -1.94. The first-order valence-electron chi connectivity index (χ1n) is 4.44. The normalized spacial score (nSPS) is 10.7. The number of hydrogen-bond donors (Lipinski definition) is 1. The van der Waals surface area contributed by atoms with E-state index >= 15 is 0 Å². The van der Waals surface area contributed by atoms with Crippen LogP contribution in [0.4, 0.5) is 0 Å². The molecule has 2 rings (SSSR count). The topological polar surface area (TPSA) is 50.4 Å². The van der Waals surface area contributed by atoms with Crippen molar-refractivity contribution in [2.75, 3.05) is 6.26 Å². The molecule has 0 spiro atoms. The molecule has 0 atom stereocenters. The zero-order chi connectivity index (χ0) is 10.8. The molecule has 1 aromatic carbocycles. The van der Waals surface area contributed by atoms with Gasteiger partial charge in [-0.1, -0.05) is 0 Å². The van der Waals surface area contributed by atoms with Crippen molar-refractivity contribution in [3.05, 3.63) is 35.6 Å². The molecule has 0 bridgehead atoms. The van der Waals surface area contributed by atoms with E-state index in [-0.39, 0.29) is 5.56 Å². The van der Waals surface area contributed by atoms with Crippen LogP contribution in [0, 0.1) is 0 Å². The highest BCUT2D eigenvalue weighted by Crippen LogP contribution is 2.25. The predicted molar refractivity (Wildman–Crippen MR) is 60.4 cm³/mol.